The van der Waals surface area contributed by atoms with Crippen LogP contribution in [0.15, 0.2) is 18.2 Å². The molecule has 0 bridgehead atoms. The molecule has 0 saturated carbocycles. The highest BCUT2D eigenvalue weighted by atomic mass is 16.5. The third kappa shape index (κ3) is 1.48. The van der Waals surface area contributed by atoms with Gasteiger partial charge in [0.25, 0.3) is 0 Å². The summed E-state index contributed by atoms with van der Waals surface area (Å²) in [6.45, 7) is 2.20. The highest BCUT2D eigenvalue weighted by Gasteiger charge is 2.16. The maximum Gasteiger partial charge on any atom is 0.142 e. The number of anilines is 1. The van der Waals surface area contributed by atoms with Gasteiger partial charge in [-0.15, -0.1) is 0 Å². The van der Waals surface area contributed by atoms with Gasteiger partial charge in [0.05, 0.1) is 12.8 Å². The summed E-state index contributed by atoms with van der Waals surface area (Å²) >= 11 is 0. The molecule has 70 valence electrons. The molecule has 1 aromatic carbocycles. The van der Waals surface area contributed by atoms with Gasteiger partial charge in [-0.2, -0.15) is 0 Å². The molecule has 0 aliphatic carbocycles. The average Bonchev–Trinajstić information content (AvgIpc) is 2.17. The molecule has 1 unspecified atom stereocenters. The Morgan fingerprint density at radius 3 is 3.08 bits per heavy atom. The number of rotatable bonds is 1. The summed E-state index contributed by atoms with van der Waals surface area (Å²) in [5, 5.41) is 3.45. The molecule has 13 heavy (non-hydrogen) atoms. The number of aryl methyl sites for hydroxylation is 1. The van der Waals surface area contributed by atoms with Crippen molar-refractivity contribution in [1.29, 1.82) is 0 Å². The lowest BCUT2D eigenvalue weighted by Crippen LogP contribution is -2.22. The fourth-order valence-electron chi connectivity index (χ4n) is 1.81. The summed E-state index contributed by atoms with van der Waals surface area (Å²) in [6, 6.07) is 6.78. The third-order valence-electron chi connectivity index (χ3n) is 2.57. The molecule has 1 heterocycles. The number of ether oxygens (including phenoxy) is 1. The van der Waals surface area contributed by atoms with Gasteiger partial charge in [-0.3, -0.25) is 0 Å². The maximum atomic E-state index is 5.30. The zero-order chi connectivity index (χ0) is 9.26. The molecule has 0 aromatic heterocycles. The topological polar surface area (TPSA) is 21.3 Å². The molecule has 2 nitrogen and oxygen atoms in total. The van der Waals surface area contributed by atoms with E-state index in [-0.39, 0.29) is 0 Å². The number of hydrogen-bond acceptors (Lipinski definition) is 2. The summed E-state index contributed by atoms with van der Waals surface area (Å²) in [7, 11) is 1.72. The fraction of sp³-hybridized carbons (Fsp3) is 0.455. The second-order valence-corrected chi connectivity index (χ2v) is 3.58. The van der Waals surface area contributed by atoms with Crippen molar-refractivity contribution in [1.82, 2.24) is 0 Å². The summed E-state index contributed by atoms with van der Waals surface area (Å²) in [4.78, 5) is 0. The number of hydrogen-bond donors (Lipinski definition) is 1. The number of methoxy groups -OCH3 is 1. The van der Waals surface area contributed by atoms with Crippen molar-refractivity contribution < 1.29 is 4.74 Å². The minimum atomic E-state index is 0.559. The second-order valence-electron chi connectivity index (χ2n) is 3.58. The second kappa shape index (κ2) is 3.29. The van der Waals surface area contributed by atoms with Gasteiger partial charge >= 0.3 is 0 Å². The van der Waals surface area contributed by atoms with Crippen LogP contribution in [0, 0.1) is 0 Å². The Bertz CT molecular complexity index is 295. The first-order chi connectivity index (χ1) is 6.31. The Morgan fingerprint density at radius 2 is 2.31 bits per heavy atom. The van der Waals surface area contributed by atoms with Gasteiger partial charge in [0.1, 0.15) is 5.75 Å². The van der Waals surface area contributed by atoms with E-state index in [1.54, 1.807) is 7.11 Å². The fourth-order valence-corrected chi connectivity index (χ4v) is 1.81. The first-order valence-corrected chi connectivity index (χ1v) is 4.73. The van der Waals surface area contributed by atoms with E-state index in [0.29, 0.717) is 6.04 Å². The third-order valence-corrected chi connectivity index (χ3v) is 2.57. The number of fused-ring (bicyclic) bond motifs is 1. The van der Waals surface area contributed by atoms with Gasteiger partial charge in [0.2, 0.25) is 0 Å². The van der Waals surface area contributed by atoms with Crippen LogP contribution in [0.25, 0.3) is 0 Å². The lowest BCUT2D eigenvalue weighted by atomic mass is 9.98. The molecule has 0 fully saturated rings. The summed E-state index contributed by atoms with van der Waals surface area (Å²) in [5.41, 5.74) is 2.56. The first-order valence-electron chi connectivity index (χ1n) is 4.73. The van der Waals surface area contributed by atoms with Crippen LogP contribution in [0.5, 0.6) is 5.75 Å². The average molecular weight is 177 g/mol. The van der Waals surface area contributed by atoms with Crippen LogP contribution < -0.4 is 10.1 Å². The van der Waals surface area contributed by atoms with Gasteiger partial charge in [0, 0.05) is 6.04 Å². The van der Waals surface area contributed by atoms with Crippen molar-refractivity contribution in [3.63, 3.8) is 0 Å². The summed E-state index contributed by atoms with van der Waals surface area (Å²) in [6.07, 6.45) is 2.36. The Labute approximate surface area is 78.9 Å². The molecule has 2 rings (SSSR count). The quantitative estimate of drug-likeness (QED) is 0.711. The Morgan fingerprint density at radius 1 is 1.46 bits per heavy atom. The summed E-state index contributed by atoms with van der Waals surface area (Å²) < 4.78 is 5.30. The molecule has 1 atom stereocenters. The van der Waals surface area contributed by atoms with Gasteiger partial charge in [-0.05, 0) is 31.4 Å². The van der Waals surface area contributed by atoms with Crippen LogP contribution in [0.3, 0.4) is 0 Å². The SMILES string of the molecule is COc1cccc2c1NC(C)CC2. The van der Waals surface area contributed by atoms with Crippen molar-refractivity contribution in [3.8, 4) is 5.75 Å². The summed E-state index contributed by atoms with van der Waals surface area (Å²) in [5.74, 6) is 0.962. The van der Waals surface area contributed by atoms with E-state index < -0.39 is 0 Å². The molecular weight excluding hydrogens is 162 g/mol. The van der Waals surface area contributed by atoms with Crippen LogP contribution in [-0.2, 0) is 6.42 Å². The van der Waals surface area contributed by atoms with Crippen LogP contribution in [0.4, 0.5) is 5.69 Å². The van der Waals surface area contributed by atoms with Crippen LogP contribution in [-0.4, -0.2) is 13.2 Å². The van der Waals surface area contributed by atoms with E-state index in [1.165, 1.54) is 17.7 Å². The normalized spacial score (nSPS) is 20.3. The number of nitrogens with one attached hydrogen (secondary N) is 1. The van der Waals surface area contributed by atoms with E-state index in [9.17, 15) is 0 Å². The van der Waals surface area contributed by atoms with Gasteiger partial charge in [-0.1, -0.05) is 12.1 Å². The predicted molar refractivity (Wildman–Crippen MR) is 54.4 cm³/mol. The highest BCUT2D eigenvalue weighted by Crippen LogP contribution is 2.33. The lowest BCUT2D eigenvalue weighted by Gasteiger charge is -2.25. The smallest absolute Gasteiger partial charge is 0.142 e. The molecule has 2 heteroatoms. The lowest BCUT2D eigenvalue weighted by molar-refractivity contribution is 0.414. The van der Waals surface area contributed by atoms with Gasteiger partial charge < -0.3 is 10.1 Å². The largest absolute Gasteiger partial charge is 0.495 e. The molecule has 0 saturated heterocycles. The molecule has 1 aliphatic rings. The van der Waals surface area contributed by atoms with Crippen LogP contribution in [0.1, 0.15) is 18.9 Å². The molecule has 1 aliphatic heterocycles. The molecule has 1 N–H and O–H groups in total. The first kappa shape index (κ1) is 8.42. The highest BCUT2D eigenvalue weighted by molar-refractivity contribution is 5.63. The molecule has 0 radical (unpaired) electrons. The predicted octanol–water partition coefficient (Wildman–Crippen LogP) is 2.44. The van der Waals surface area contributed by atoms with E-state index in [0.717, 1.165) is 12.2 Å². The van der Waals surface area contributed by atoms with Crippen LogP contribution in [0.2, 0.25) is 0 Å². The van der Waals surface area contributed by atoms with Crippen molar-refractivity contribution in [2.75, 3.05) is 12.4 Å². The van der Waals surface area contributed by atoms with Crippen LogP contribution >= 0.6 is 0 Å². The molecule has 0 amide bonds. The van der Waals surface area contributed by atoms with E-state index in [2.05, 4.69) is 24.4 Å². The maximum absolute atomic E-state index is 5.30. The minimum Gasteiger partial charge on any atom is -0.495 e. The van der Waals surface area contributed by atoms with Crippen molar-refractivity contribution in [2.24, 2.45) is 0 Å². The molecule has 1 aromatic rings. The van der Waals surface area contributed by atoms with Gasteiger partial charge in [0.15, 0.2) is 0 Å². The molecular formula is C11H15NO. The number of para-hydroxylation sites is 1. The monoisotopic (exact) mass is 177 g/mol. The van der Waals surface area contributed by atoms with E-state index in [4.69, 9.17) is 4.74 Å². The van der Waals surface area contributed by atoms with Crippen molar-refractivity contribution >= 4 is 5.69 Å². The van der Waals surface area contributed by atoms with E-state index in [1.807, 2.05) is 6.07 Å². The zero-order valence-electron chi connectivity index (χ0n) is 8.13. The minimum absolute atomic E-state index is 0.559. The van der Waals surface area contributed by atoms with Gasteiger partial charge in [-0.25, -0.2) is 0 Å². The van der Waals surface area contributed by atoms with Crippen molar-refractivity contribution in [2.45, 2.75) is 25.8 Å². The Kier molecular flexibility index (Phi) is 2.13. The standard InChI is InChI=1S/C11H15NO/c1-8-6-7-9-4-3-5-10(13-2)11(9)12-8/h3-5,8,12H,6-7H2,1-2H3. The van der Waals surface area contributed by atoms with Crippen molar-refractivity contribution in [3.05, 3.63) is 23.8 Å². The Balaban J connectivity index is 2.41. The Hall–Kier alpha value is -1.18. The zero-order valence-corrected chi connectivity index (χ0v) is 8.13. The number of benzene rings is 1. The van der Waals surface area contributed by atoms with E-state index >= 15 is 0 Å². The molecule has 0 spiro atoms.